The predicted octanol–water partition coefficient (Wildman–Crippen LogP) is 4.59. The summed E-state index contributed by atoms with van der Waals surface area (Å²) in [6, 6.07) is 10.5. The lowest BCUT2D eigenvalue weighted by Crippen LogP contribution is -2.29. The van der Waals surface area contributed by atoms with Crippen LogP contribution in [0.5, 0.6) is 0 Å². The molecule has 0 unspecified atom stereocenters. The van der Waals surface area contributed by atoms with E-state index in [4.69, 9.17) is 4.42 Å². The van der Waals surface area contributed by atoms with Crippen molar-refractivity contribution in [3.05, 3.63) is 66.2 Å². The Balaban J connectivity index is 1.38. The first-order chi connectivity index (χ1) is 16.1. The summed E-state index contributed by atoms with van der Waals surface area (Å²) >= 11 is 0. The second kappa shape index (κ2) is 9.11. The zero-order valence-corrected chi connectivity index (χ0v) is 17.9. The minimum absolute atomic E-state index is 0.0920. The maximum atomic E-state index is 13.9. The number of rotatable bonds is 6. The van der Waals surface area contributed by atoms with Crippen LogP contribution in [0.15, 0.2) is 53.1 Å². The number of hydrogen-bond donors (Lipinski definition) is 1. The highest BCUT2D eigenvalue weighted by Crippen LogP contribution is 2.30. The molecule has 0 atom stereocenters. The summed E-state index contributed by atoms with van der Waals surface area (Å²) in [5, 5.41) is 11.7. The van der Waals surface area contributed by atoms with E-state index in [1.807, 2.05) is 24.3 Å². The summed E-state index contributed by atoms with van der Waals surface area (Å²) in [5.74, 6) is -0.869. The number of carbonyl (C=O) groups is 1. The SMILES string of the molecule is O=C(Cn1cc(-c2nnc(CN3CCCCC3)o2)c2ccccc21)Nc1cc(F)ccc1F. The molecule has 1 aliphatic heterocycles. The number of benzene rings is 2. The number of carbonyl (C=O) groups excluding carboxylic acids is 1. The first kappa shape index (κ1) is 21.3. The van der Waals surface area contributed by atoms with Crippen molar-refractivity contribution in [1.82, 2.24) is 19.7 Å². The molecule has 0 aliphatic carbocycles. The standard InChI is InChI=1S/C24H23F2N5O2/c25-16-8-9-19(26)20(12-16)27-22(32)14-31-13-18(17-6-2-3-7-21(17)31)24-29-28-23(33-24)15-30-10-4-1-5-11-30/h2-3,6-9,12-13H,1,4-5,10-11,14-15H2,(H,27,32). The van der Waals surface area contributed by atoms with Crippen molar-refractivity contribution in [3.8, 4) is 11.5 Å². The molecule has 3 heterocycles. The topological polar surface area (TPSA) is 76.2 Å². The number of nitrogens with one attached hydrogen (secondary N) is 1. The van der Waals surface area contributed by atoms with Crippen LogP contribution >= 0.6 is 0 Å². The monoisotopic (exact) mass is 451 g/mol. The molecule has 2 aromatic heterocycles. The van der Waals surface area contributed by atoms with Gasteiger partial charge >= 0.3 is 0 Å². The van der Waals surface area contributed by atoms with Crippen molar-refractivity contribution in [2.45, 2.75) is 32.4 Å². The molecule has 7 nitrogen and oxygen atoms in total. The minimum Gasteiger partial charge on any atom is -0.419 e. The maximum absolute atomic E-state index is 13.9. The van der Waals surface area contributed by atoms with Crippen LogP contribution in [0.3, 0.4) is 0 Å². The Hall–Kier alpha value is -3.59. The van der Waals surface area contributed by atoms with Gasteiger partial charge in [0.1, 0.15) is 18.2 Å². The summed E-state index contributed by atoms with van der Waals surface area (Å²) in [6.07, 6.45) is 5.38. The molecule has 5 rings (SSSR count). The Bertz CT molecular complexity index is 1290. The second-order valence-electron chi connectivity index (χ2n) is 8.20. The third-order valence-corrected chi connectivity index (χ3v) is 5.81. The molecule has 2 aromatic carbocycles. The molecule has 0 radical (unpaired) electrons. The van der Waals surface area contributed by atoms with E-state index in [1.54, 1.807) is 10.8 Å². The molecular formula is C24H23F2N5O2. The van der Waals surface area contributed by atoms with Crippen molar-refractivity contribution in [2.75, 3.05) is 18.4 Å². The lowest BCUT2D eigenvalue weighted by Gasteiger charge is -2.24. The van der Waals surface area contributed by atoms with Gasteiger partial charge in [0, 0.05) is 23.2 Å². The number of aromatic nitrogens is 3. The smallest absolute Gasteiger partial charge is 0.249 e. The zero-order chi connectivity index (χ0) is 22.8. The van der Waals surface area contributed by atoms with E-state index in [0.717, 1.165) is 42.2 Å². The fourth-order valence-electron chi connectivity index (χ4n) is 4.22. The molecule has 0 bridgehead atoms. The van der Waals surface area contributed by atoms with Crippen LogP contribution in [0.25, 0.3) is 22.4 Å². The average molecular weight is 451 g/mol. The number of halogens is 2. The Morgan fingerprint density at radius 1 is 1.06 bits per heavy atom. The van der Waals surface area contributed by atoms with Gasteiger partial charge in [0.15, 0.2) is 0 Å². The Labute approximate surface area is 189 Å². The molecular weight excluding hydrogens is 428 g/mol. The summed E-state index contributed by atoms with van der Waals surface area (Å²) in [7, 11) is 0. The average Bonchev–Trinajstić information content (AvgIpc) is 3.42. The maximum Gasteiger partial charge on any atom is 0.249 e. The largest absolute Gasteiger partial charge is 0.419 e. The summed E-state index contributed by atoms with van der Waals surface area (Å²) in [5.41, 5.74) is 1.31. The fourth-order valence-corrected chi connectivity index (χ4v) is 4.22. The normalized spacial score (nSPS) is 14.6. The molecule has 0 spiro atoms. The molecule has 33 heavy (non-hydrogen) atoms. The van der Waals surface area contributed by atoms with Crippen molar-refractivity contribution in [1.29, 1.82) is 0 Å². The Kier molecular flexibility index (Phi) is 5.87. The van der Waals surface area contributed by atoms with Gasteiger partial charge in [0.2, 0.25) is 17.7 Å². The van der Waals surface area contributed by atoms with Crippen LogP contribution < -0.4 is 5.32 Å². The van der Waals surface area contributed by atoms with Crippen molar-refractivity contribution >= 4 is 22.5 Å². The van der Waals surface area contributed by atoms with Gasteiger partial charge in [-0.05, 0) is 44.1 Å². The lowest BCUT2D eigenvalue weighted by atomic mass is 10.1. The quantitative estimate of drug-likeness (QED) is 0.464. The van der Waals surface area contributed by atoms with E-state index >= 15 is 0 Å². The van der Waals surface area contributed by atoms with Crippen molar-refractivity contribution in [2.24, 2.45) is 0 Å². The lowest BCUT2D eigenvalue weighted by molar-refractivity contribution is -0.116. The third kappa shape index (κ3) is 4.63. The van der Waals surface area contributed by atoms with Gasteiger partial charge in [0.05, 0.1) is 17.8 Å². The Morgan fingerprint density at radius 3 is 2.73 bits per heavy atom. The molecule has 1 saturated heterocycles. The molecule has 9 heteroatoms. The van der Waals surface area contributed by atoms with Crippen molar-refractivity contribution in [3.63, 3.8) is 0 Å². The van der Waals surface area contributed by atoms with Gasteiger partial charge in [-0.15, -0.1) is 10.2 Å². The number of amides is 1. The van der Waals surface area contributed by atoms with Gasteiger partial charge in [-0.25, -0.2) is 8.78 Å². The highest BCUT2D eigenvalue weighted by molar-refractivity contribution is 5.96. The van der Waals surface area contributed by atoms with E-state index in [9.17, 15) is 13.6 Å². The fraction of sp³-hybridized carbons (Fsp3) is 0.292. The van der Waals surface area contributed by atoms with Crippen molar-refractivity contribution < 1.29 is 18.0 Å². The van der Waals surface area contributed by atoms with Crippen LogP contribution in [-0.2, 0) is 17.9 Å². The van der Waals surface area contributed by atoms with Gasteiger partial charge < -0.3 is 14.3 Å². The van der Waals surface area contributed by atoms with Gasteiger partial charge in [-0.1, -0.05) is 24.6 Å². The van der Waals surface area contributed by atoms with Crippen LogP contribution in [0.4, 0.5) is 14.5 Å². The highest BCUT2D eigenvalue weighted by Gasteiger charge is 2.19. The number of hydrogen-bond acceptors (Lipinski definition) is 5. The molecule has 170 valence electrons. The molecule has 1 aliphatic rings. The molecule has 1 N–H and O–H groups in total. The third-order valence-electron chi connectivity index (χ3n) is 5.81. The first-order valence-corrected chi connectivity index (χ1v) is 10.9. The molecule has 1 fully saturated rings. The van der Waals surface area contributed by atoms with E-state index in [1.165, 1.54) is 19.3 Å². The summed E-state index contributed by atoms with van der Waals surface area (Å²) in [6.45, 7) is 2.58. The van der Waals surface area contributed by atoms with Crippen LogP contribution in [0.1, 0.15) is 25.2 Å². The van der Waals surface area contributed by atoms with Gasteiger partial charge in [-0.3, -0.25) is 9.69 Å². The zero-order valence-electron chi connectivity index (χ0n) is 17.9. The van der Waals surface area contributed by atoms with Crippen LogP contribution in [0, 0.1) is 11.6 Å². The van der Waals surface area contributed by atoms with Crippen LogP contribution in [-0.4, -0.2) is 38.7 Å². The molecule has 4 aromatic rings. The number of piperidine rings is 1. The number of para-hydroxylation sites is 1. The molecule has 0 saturated carbocycles. The van der Waals surface area contributed by atoms with Crippen LogP contribution in [0.2, 0.25) is 0 Å². The number of nitrogens with zero attached hydrogens (tertiary/aromatic N) is 4. The number of likely N-dealkylation sites (tertiary alicyclic amines) is 1. The Morgan fingerprint density at radius 2 is 1.88 bits per heavy atom. The summed E-state index contributed by atoms with van der Waals surface area (Å²) < 4.78 is 35.0. The van der Waals surface area contributed by atoms with E-state index in [-0.39, 0.29) is 12.2 Å². The van der Waals surface area contributed by atoms with Gasteiger partial charge in [0.25, 0.3) is 0 Å². The highest BCUT2D eigenvalue weighted by atomic mass is 19.1. The predicted molar refractivity (Wildman–Crippen MR) is 119 cm³/mol. The number of fused-ring (bicyclic) bond motifs is 1. The minimum atomic E-state index is -0.699. The first-order valence-electron chi connectivity index (χ1n) is 10.9. The van der Waals surface area contributed by atoms with E-state index in [2.05, 4.69) is 20.4 Å². The second-order valence-corrected chi connectivity index (χ2v) is 8.20. The summed E-state index contributed by atoms with van der Waals surface area (Å²) in [4.78, 5) is 14.9. The van der Waals surface area contributed by atoms with Gasteiger partial charge in [-0.2, -0.15) is 0 Å². The number of anilines is 1. The molecule has 1 amide bonds. The van der Waals surface area contributed by atoms with E-state index < -0.39 is 17.5 Å². The van der Waals surface area contributed by atoms with E-state index in [0.29, 0.717) is 23.9 Å².